The Balaban J connectivity index is 1.41. The Hall–Kier alpha value is -3.76. The quantitative estimate of drug-likeness (QED) is 0.309. The number of alkyl halides is 2. The fraction of sp³-hybridized carbons (Fsp3) is 0.483. The summed E-state index contributed by atoms with van der Waals surface area (Å²) in [6.07, 6.45) is 3.88. The molecular weight excluding hydrogens is 521 g/mol. The van der Waals surface area contributed by atoms with Crippen molar-refractivity contribution in [2.45, 2.75) is 71.9 Å². The van der Waals surface area contributed by atoms with E-state index in [1.807, 2.05) is 13.8 Å². The molecule has 8 nitrogen and oxygen atoms in total. The molecule has 3 aromatic heterocycles. The first kappa shape index (κ1) is 27.8. The van der Waals surface area contributed by atoms with Gasteiger partial charge in [-0.25, -0.2) is 13.8 Å². The lowest BCUT2D eigenvalue weighted by Crippen LogP contribution is -2.50. The van der Waals surface area contributed by atoms with Crippen LogP contribution in [0.4, 0.5) is 19.0 Å². The highest BCUT2D eigenvalue weighted by atomic mass is 19.3. The van der Waals surface area contributed by atoms with E-state index in [0.717, 1.165) is 31.9 Å². The summed E-state index contributed by atoms with van der Waals surface area (Å²) in [5.41, 5.74) is 0.955. The van der Waals surface area contributed by atoms with Crippen molar-refractivity contribution in [3.8, 4) is 11.1 Å². The summed E-state index contributed by atoms with van der Waals surface area (Å²) in [5, 5.41) is 9.86. The van der Waals surface area contributed by atoms with Crippen molar-refractivity contribution in [3.63, 3.8) is 0 Å². The zero-order valence-corrected chi connectivity index (χ0v) is 22.9. The van der Waals surface area contributed by atoms with Gasteiger partial charge in [-0.2, -0.15) is 9.49 Å². The van der Waals surface area contributed by atoms with E-state index in [4.69, 9.17) is 0 Å². The van der Waals surface area contributed by atoms with Crippen LogP contribution in [0.25, 0.3) is 11.1 Å². The Bertz CT molecular complexity index is 1420. The van der Waals surface area contributed by atoms with E-state index in [2.05, 4.69) is 25.7 Å². The Kier molecular flexibility index (Phi) is 7.65. The summed E-state index contributed by atoms with van der Waals surface area (Å²) in [5.74, 6) is -1.17. The van der Waals surface area contributed by atoms with Gasteiger partial charge in [0, 0.05) is 40.8 Å². The van der Waals surface area contributed by atoms with Gasteiger partial charge in [0.05, 0.1) is 0 Å². The number of anilines is 1. The number of pyridine rings is 2. The van der Waals surface area contributed by atoms with Crippen molar-refractivity contribution in [1.29, 1.82) is 0 Å². The number of rotatable bonds is 10. The SMILES string of the molecule is Cc1ncc(C(F)F)c(C)c1-c1ccc(NC(=O)[C@@H](NC(=O)c2ccnn2C(C)C)C(C2CC2)C2CC2)nc1F. The van der Waals surface area contributed by atoms with E-state index >= 15 is 4.39 Å². The van der Waals surface area contributed by atoms with Crippen LogP contribution >= 0.6 is 0 Å². The van der Waals surface area contributed by atoms with E-state index < -0.39 is 30.2 Å². The fourth-order valence-electron chi connectivity index (χ4n) is 5.60. The average molecular weight is 555 g/mol. The highest BCUT2D eigenvalue weighted by molar-refractivity contribution is 6.00. The lowest BCUT2D eigenvalue weighted by Gasteiger charge is -2.27. The molecule has 0 aliphatic heterocycles. The maximum absolute atomic E-state index is 15.3. The van der Waals surface area contributed by atoms with Gasteiger partial charge in [-0.05, 0) is 94.9 Å². The first-order valence-corrected chi connectivity index (χ1v) is 13.6. The van der Waals surface area contributed by atoms with Crippen LogP contribution in [0.3, 0.4) is 0 Å². The number of nitrogens with zero attached hydrogens (tertiary/aromatic N) is 4. The monoisotopic (exact) mass is 554 g/mol. The number of carbonyl (C=O) groups is 2. The summed E-state index contributed by atoms with van der Waals surface area (Å²) in [7, 11) is 0. The van der Waals surface area contributed by atoms with Gasteiger partial charge >= 0.3 is 0 Å². The fourth-order valence-corrected chi connectivity index (χ4v) is 5.60. The number of hydrogen-bond donors (Lipinski definition) is 2. The van der Waals surface area contributed by atoms with Gasteiger partial charge in [-0.3, -0.25) is 19.3 Å². The zero-order chi connectivity index (χ0) is 28.7. The highest BCUT2D eigenvalue weighted by Gasteiger charge is 2.48. The molecule has 0 spiro atoms. The summed E-state index contributed by atoms with van der Waals surface area (Å²) < 4.78 is 43.7. The topological polar surface area (TPSA) is 102 Å². The Morgan fingerprint density at radius 1 is 1.05 bits per heavy atom. The summed E-state index contributed by atoms with van der Waals surface area (Å²) in [4.78, 5) is 34.9. The second-order valence-electron chi connectivity index (χ2n) is 11.1. The number of halogens is 3. The molecule has 0 saturated heterocycles. The summed E-state index contributed by atoms with van der Waals surface area (Å²) in [6, 6.07) is 3.58. The third-order valence-corrected chi connectivity index (χ3v) is 7.85. The molecule has 0 bridgehead atoms. The minimum Gasteiger partial charge on any atom is -0.339 e. The van der Waals surface area contributed by atoms with E-state index in [1.165, 1.54) is 19.1 Å². The normalized spacial score (nSPS) is 16.1. The molecule has 2 saturated carbocycles. The third kappa shape index (κ3) is 5.59. The number of carbonyl (C=O) groups excluding carboxylic acids is 2. The maximum atomic E-state index is 15.3. The first-order chi connectivity index (χ1) is 19.1. The molecule has 0 radical (unpaired) electrons. The molecule has 1 atom stereocenters. The van der Waals surface area contributed by atoms with Gasteiger partial charge in [0.25, 0.3) is 12.3 Å². The average Bonchev–Trinajstić information content (AvgIpc) is 3.84. The molecule has 11 heteroatoms. The Labute approximate surface area is 230 Å². The van der Waals surface area contributed by atoms with Gasteiger partial charge in [-0.15, -0.1) is 0 Å². The van der Waals surface area contributed by atoms with Crippen LogP contribution in [0, 0.1) is 37.5 Å². The molecule has 212 valence electrons. The highest BCUT2D eigenvalue weighted by Crippen LogP contribution is 2.51. The van der Waals surface area contributed by atoms with Crippen LogP contribution in [0.1, 0.15) is 79.3 Å². The smallest absolute Gasteiger partial charge is 0.270 e. The molecule has 0 unspecified atom stereocenters. The molecule has 3 aromatic rings. The van der Waals surface area contributed by atoms with Gasteiger partial charge in [0.2, 0.25) is 11.9 Å². The molecule has 0 aromatic carbocycles. The number of hydrogen-bond acceptors (Lipinski definition) is 5. The number of aromatic nitrogens is 4. The van der Waals surface area contributed by atoms with Crippen LogP contribution < -0.4 is 10.6 Å². The van der Waals surface area contributed by atoms with Crippen molar-refractivity contribution >= 4 is 17.6 Å². The van der Waals surface area contributed by atoms with E-state index in [-0.39, 0.29) is 40.0 Å². The van der Waals surface area contributed by atoms with Crippen molar-refractivity contribution < 1.29 is 22.8 Å². The summed E-state index contributed by atoms with van der Waals surface area (Å²) >= 11 is 0. The van der Waals surface area contributed by atoms with Gasteiger partial charge in [-0.1, -0.05) is 0 Å². The van der Waals surface area contributed by atoms with Gasteiger partial charge in [0.1, 0.15) is 17.6 Å². The van der Waals surface area contributed by atoms with E-state index in [1.54, 1.807) is 23.9 Å². The Morgan fingerprint density at radius 3 is 2.30 bits per heavy atom. The predicted molar refractivity (Wildman–Crippen MR) is 143 cm³/mol. The van der Waals surface area contributed by atoms with Gasteiger partial charge in [0.15, 0.2) is 0 Å². The first-order valence-electron chi connectivity index (χ1n) is 13.6. The van der Waals surface area contributed by atoms with Crippen LogP contribution in [0.15, 0.2) is 30.6 Å². The number of aryl methyl sites for hydroxylation is 1. The lowest BCUT2D eigenvalue weighted by molar-refractivity contribution is -0.119. The van der Waals surface area contributed by atoms with Gasteiger partial charge < -0.3 is 10.6 Å². The van der Waals surface area contributed by atoms with E-state index in [0.29, 0.717) is 23.2 Å². The summed E-state index contributed by atoms with van der Waals surface area (Å²) in [6.45, 7) is 6.94. The minimum absolute atomic E-state index is 0.0173. The molecular formula is C29H33F3N6O2. The lowest BCUT2D eigenvalue weighted by atomic mass is 9.88. The minimum atomic E-state index is -2.75. The standard InChI is InChI=1S/C29H33F3N6O2/c1-14(2)38-21(11-12-34-38)28(39)37-25(24(17-5-6-17)18-7-8-18)29(40)36-22-10-9-19(27(32)35-22)23-15(3)20(26(30)31)13-33-16(23)4/h9-14,17-18,24-26H,5-8H2,1-4H3,(H,37,39)(H,35,36,40)/t25-/m0/s1. The zero-order valence-electron chi connectivity index (χ0n) is 22.9. The molecule has 2 N–H and O–H groups in total. The van der Waals surface area contributed by atoms with Crippen molar-refractivity contribution in [1.82, 2.24) is 25.1 Å². The molecule has 2 fully saturated rings. The second-order valence-corrected chi connectivity index (χ2v) is 11.1. The molecule has 2 aliphatic rings. The maximum Gasteiger partial charge on any atom is 0.270 e. The van der Waals surface area contributed by atoms with Crippen LogP contribution in [0.2, 0.25) is 0 Å². The van der Waals surface area contributed by atoms with Crippen molar-refractivity contribution in [2.24, 2.45) is 17.8 Å². The third-order valence-electron chi connectivity index (χ3n) is 7.85. The van der Waals surface area contributed by atoms with Crippen molar-refractivity contribution in [3.05, 3.63) is 59.1 Å². The molecule has 2 amide bonds. The Morgan fingerprint density at radius 2 is 1.73 bits per heavy atom. The largest absolute Gasteiger partial charge is 0.339 e. The molecule has 2 aliphatic carbocycles. The molecule has 5 rings (SSSR count). The predicted octanol–water partition coefficient (Wildman–Crippen LogP) is 5.79. The van der Waals surface area contributed by atoms with Crippen molar-refractivity contribution in [2.75, 3.05) is 5.32 Å². The number of amides is 2. The second kappa shape index (κ2) is 11.0. The van der Waals surface area contributed by atoms with E-state index in [9.17, 15) is 18.4 Å². The molecule has 40 heavy (non-hydrogen) atoms. The molecule has 3 heterocycles. The van der Waals surface area contributed by atoms with Crippen LogP contribution in [-0.2, 0) is 4.79 Å². The van der Waals surface area contributed by atoms with Crippen LogP contribution in [0.5, 0.6) is 0 Å². The number of nitrogens with one attached hydrogen (secondary N) is 2. The van der Waals surface area contributed by atoms with Crippen LogP contribution in [-0.4, -0.2) is 37.6 Å².